The van der Waals surface area contributed by atoms with Gasteiger partial charge in [-0.25, -0.2) is 13.6 Å². The number of hydrogen-bond acceptors (Lipinski definition) is 2. The molecule has 0 radical (unpaired) electrons. The molecule has 2 aromatic rings. The molecule has 1 aliphatic heterocycles. The molecule has 2 atom stereocenters. The van der Waals surface area contributed by atoms with Crippen LogP contribution in [0, 0.1) is 17.6 Å². The summed E-state index contributed by atoms with van der Waals surface area (Å²) in [7, 11) is 0. The summed E-state index contributed by atoms with van der Waals surface area (Å²) in [6, 6.07) is 11.1. The first-order valence-corrected chi connectivity index (χ1v) is 11.4. The Balaban J connectivity index is 1.27. The van der Waals surface area contributed by atoms with Crippen LogP contribution >= 0.6 is 11.6 Å². The first-order chi connectivity index (χ1) is 15.0. The van der Waals surface area contributed by atoms with E-state index in [0.717, 1.165) is 68.8 Å². The van der Waals surface area contributed by atoms with Crippen LogP contribution < -0.4 is 10.6 Å². The molecule has 1 saturated heterocycles. The predicted molar refractivity (Wildman–Crippen MR) is 119 cm³/mol. The lowest BCUT2D eigenvalue weighted by Crippen LogP contribution is -2.52. The Bertz CT molecular complexity index is 900. The summed E-state index contributed by atoms with van der Waals surface area (Å²) in [4.78, 5) is 14.9. The maximum absolute atomic E-state index is 13.8. The lowest BCUT2D eigenvalue weighted by atomic mass is 9.89. The Hall–Kier alpha value is -2.18. The number of benzene rings is 2. The Morgan fingerprint density at radius 1 is 1.03 bits per heavy atom. The van der Waals surface area contributed by atoms with Gasteiger partial charge in [-0.2, -0.15) is 0 Å². The SMILES string of the molecule is O=C(Nc1ccc(F)cc1F)NC1CCCC1N1CCC(Cc2ccc(Cl)cc2)CC1. The molecule has 0 aromatic heterocycles. The van der Waals surface area contributed by atoms with Crippen LogP contribution in [-0.2, 0) is 6.42 Å². The third kappa shape index (κ3) is 5.74. The van der Waals surface area contributed by atoms with Crippen molar-refractivity contribution < 1.29 is 13.6 Å². The van der Waals surface area contributed by atoms with Gasteiger partial charge in [0, 0.05) is 23.2 Å². The average Bonchev–Trinajstić information content (AvgIpc) is 3.20. The number of carbonyl (C=O) groups is 1. The minimum absolute atomic E-state index is 0.0172. The van der Waals surface area contributed by atoms with E-state index in [9.17, 15) is 13.6 Å². The Morgan fingerprint density at radius 3 is 2.48 bits per heavy atom. The monoisotopic (exact) mass is 447 g/mol. The number of halogens is 3. The first kappa shape index (κ1) is 22.0. The van der Waals surface area contributed by atoms with E-state index in [1.54, 1.807) is 0 Å². The van der Waals surface area contributed by atoms with Crippen molar-refractivity contribution in [2.75, 3.05) is 18.4 Å². The highest BCUT2D eigenvalue weighted by Gasteiger charge is 2.35. The van der Waals surface area contributed by atoms with Gasteiger partial charge in [0.05, 0.1) is 5.69 Å². The van der Waals surface area contributed by atoms with Crippen LogP contribution in [0.15, 0.2) is 42.5 Å². The number of piperidine rings is 1. The van der Waals surface area contributed by atoms with E-state index in [-0.39, 0.29) is 11.7 Å². The summed E-state index contributed by atoms with van der Waals surface area (Å²) < 4.78 is 26.9. The molecule has 2 amide bonds. The van der Waals surface area contributed by atoms with Gasteiger partial charge in [0.15, 0.2) is 0 Å². The van der Waals surface area contributed by atoms with E-state index in [1.165, 1.54) is 11.6 Å². The van der Waals surface area contributed by atoms with Gasteiger partial charge < -0.3 is 10.6 Å². The van der Waals surface area contributed by atoms with Crippen LogP contribution in [0.1, 0.15) is 37.7 Å². The first-order valence-electron chi connectivity index (χ1n) is 11.0. The van der Waals surface area contributed by atoms with Crippen molar-refractivity contribution in [1.29, 1.82) is 0 Å². The van der Waals surface area contributed by atoms with Gasteiger partial charge >= 0.3 is 6.03 Å². The fraction of sp³-hybridized carbons (Fsp3) is 0.458. The van der Waals surface area contributed by atoms with E-state index in [0.29, 0.717) is 12.0 Å². The van der Waals surface area contributed by atoms with Crippen molar-refractivity contribution in [3.05, 3.63) is 64.7 Å². The Kier molecular flexibility index (Phi) is 7.08. The molecule has 2 N–H and O–H groups in total. The van der Waals surface area contributed by atoms with Crippen molar-refractivity contribution in [1.82, 2.24) is 10.2 Å². The van der Waals surface area contributed by atoms with Gasteiger partial charge in [0.1, 0.15) is 11.6 Å². The lowest BCUT2D eigenvalue weighted by molar-refractivity contribution is 0.119. The molecule has 4 nitrogen and oxygen atoms in total. The number of likely N-dealkylation sites (tertiary alicyclic amines) is 1. The summed E-state index contributed by atoms with van der Waals surface area (Å²) in [5.74, 6) is -0.783. The minimum atomic E-state index is -0.777. The van der Waals surface area contributed by atoms with Gasteiger partial charge in [-0.1, -0.05) is 23.7 Å². The van der Waals surface area contributed by atoms with Crippen LogP contribution in [0.4, 0.5) is 19.3 Å². The Labute approximate surface area is 187 Å². The summed E-state index contributed by atoms with van der Waals surface area (Å²) in [6.45, 7) is 2.05. The second-order valence-corrected chi connectivity index (χ2v) is 9.07. The number of anilines is 1. The number of carbonyl (C=O) groups excluding carboxylic acids is 1. The van der Waals surface area contributed by atoms with Crippen LogP contribution in [0.3, 0.4) is 0 Å². The van der Waals surface area contributed by atoms with Crippen LogP contribution in [0.25, 0.3) is 0 Å². The van der Waals surface area contributed by atoms with Crippen molar-refractivity contribution in [2.45, 2.75) is 50.6 Å². The molecule has 7 heteroatoms. The third-order valence-electron chi connectivity index (χ3n) is 6.53. The summed E-state index contributed by atoms with van der Waals surface area (Å²) >= 11 is 5.98. The van der Waals surface area contributed by atoms with Crippen LogP contribution in [0.5, 0.6) is 0 Å². The number of rotatable bonds is 5. The van der Waals surface area contributed by atoms with E-state index < -0.39 is 17.7 Å². The summed E-state index contributed by atoms with van der Waals surface area (Å²) in [6.07, 6.45) is 6.37. The number of nitrogens with zero attached hydrogens (tertiary/aromatic N) is 1. The highest BCUT2D eigenvalue weighted by molar-refractivity contribution is 6.30. The lowest BCUT2D eigenvalue weighted by Gasteiger charge is -2.38. The van der Waals surface area contributed by atoms with Gasteiger partial charge in [0.2, 0.25) is 0 Å². The van der Waals surface area contributed by atoms with Gasteiger partial charge in [-0.15, -0.1) is 0 Å². The highest BCUT2D eigenvalue weighted by Crippen LogP contribution is 2.30. The molecule has 166 valence electrons. The van der Waals surface area contributed by atoms with E-state index >= 15 is 0 Å². The maximum Gasteiger partial charge on any atom is 0.319 e. The molecule has 2 fully saturated rings. The molecule has 1 aliphatic carbocycles. The maximum atomic E-state index is 13.8. The van der Waals surface area contributed by atoms with Gasteiger partial charge in [-0.3, -0.25) is 4.90 Å². The van der Waals surface area contributed by atoms with E-state index in [2.05, 4.69) is 27.7 Å². The van der Waals surface area contributed by atoms with Crippen molar-refractivity contribution in [3.63, 3.8) is 0 Å². The van der Waals surface area contributed by atoms with E-state index in [4.69, 9.17) is 11.6 Å². The van der Waals surface area contributed by atoms with E-state index in [1.807, 2.05) is 12.1 Å². The normalized spacial score (nSPS) is 22.4. The number of amides is 2. The quantitative estimate of drug-likeness (QED) is 0.625. The standard InChI is InChI=1S/C24H28ClF2N3O/c25-18-6-4-16(5-7-18)14-17-10-12-30(13-11-17)23-3-1-2-22(23)29-24(31)28-21-9-8-19(26)15-20(21)27/h4-9,15,17,22-23H,1-3,10-14H2,(H2,28,29,31). The molecule has 2 unspecified atom stereocenters. The van der Waals surface area contributed by atoms with Gasteiger partial charge in [-0.05, 0) is 87.4 Å². The molecule has 2 aliphatic rings. The van der Waals surface area contributed by atoms with Crippen molar-refractivity contribution in [2.24, 2.45) is 5.92 Å². The second kappa shape index (κ2) is 9.96. The molecule has 1 saturated carbocycles. The zero-order valence-corrected chi connectivity index (χ0v) is 18.2. The van der Waals surface area contributed by atoms with Gasteiger partial charge in [0.25, 0.3) is 0 Å². The minimum Gasteiger partial charge on any atom is -0.334 e. The summed E-state index contributed by atoms with van der Waals surface area (Å²) in [5, 5.41) is 6.28. The fourth-order valence-corrected chi connectivity index (χ4v) is 5.03. The van der Waals surface area contributed by atoms with Crippen LogP contribution in [-0.4, -0.2) is 36.1 Å². The smallest absolute Gasteiger partial charge is 0.319 e. The molecular weight excluding hydrogens is 420 g/mol. The van der Waals surface area contributed by atoms with Crippen molar-refractivity contribution in [3.8, 4) is 0 Å². The molecule has 1 heterocycles. The predicted octanol–water partition coefficient (Wildman–Crippen LogP) is 5.62. The molecular formula is C24H28ClF2N3O. The zero-order chi connectivity index (χ0) is 21.8. The average molecular weight is 448 g/mol. The number of hydrogen-bond donors (Lipinski definition) is 2. The topological polar surface area (TPSA) is 44.4 Å². The zero-order valence-electron chi connectivity index (χ0n) is 17.4. The molecule has 0 spiro atoms. The molecule has 0 bridgehead atoms. The fourth-order valence-electron chi connectivity index (χ4n) is 4.91. The van der Waals surface area contributed by atoms with Crippen LogP contribution in [0.2, 0.25) is 5.02 Å². The number of urea groups is 1. The summed E-state index contributed by atoms with van der Waals surface area (Å²) in [5.41, 5.74) is 1.31. The Morgan fingerprint density at radius 2 is 1.77 bits per heavy atom. The van der Waals surface area contributed by atoms with Crippen molar-refractivity contribution >= 4 is 23.3 Å². The second-order valence-electron chi connectivity index (χ2n) is 8.64. The number of nitrogens with one attached hydrogen (secondary N) is 2. The molecule has 31 heavy (non-hydrogen) atoms. The highest BCUT2D eigenvalue weighted by atomic mass is 35.5. The molecule has 4 rings (SSSR count). The third-order valence-corrected chi connectivity index (χ3v) is 6.78. The largest absolute Gasteiger partial charge is 0.334 e. The molecule has 2 aromatic carbocycles.